The lowest BCUT2D eigenvalue weighted by Crippen LogP contribution is -2.30. The van der Waals surface area contributed by atoms with Gasteiger partial charge in [-0.1, -0.05) is 11.6 Å². The molecule has 3 atom stereocenters. The van der Waals surface area contributed by atoms with Gasteiger partial charge >= 0.3 is 0 Å². The lowest BCUT2D eigenvalue weighted by atomic mass is 10.0. The molecule has 2 fully saturated rings. The zero-order valence-corrected chi connectivity index (χ0v) is 15.1. The van der Waals surface area contributed by atoms with Crippen LogP contribution in [0.3, 0.4) is 0 Å². The van der Waals surface area contributed by atoms with Crippen LogP contribution in [0, 0.1) is 11.8 Å². The van der Waals surface area contributed by atoms with Crippen molar-refractivity contribution in [3.05, 3.63) is 53.3 Å². The summed E-state index contributed by atoms with van der Waals surface area (Å²) in [5, 5.41) is 9.92. The highest BCUT2D eigenvalue weighted by atomic mass is 35.5. The van der Waals surface area contributed by atoms with Gasteiger partial charge in [-0.15, -0.1) is 0 Å². The molecule has 0 unspecified atom stereocenters. The van der Waals surface area contributed by atoms with Crippen LogP contribution in [0.15, 0.2) is 42.7 Å². The number of carbonyl (C=O) groups excluding carboxylic acids is 1. The summed E-state index contributed by atoms with van der Waals surface area (Å²) in [7, 11) is 0. The summed E-state index contributed by atoms with van der Waals surface area (Å²) < 4.78 is 6.03. The van der Waals surface area contributed by atoms with Crippen molar-refractivity contribution in [1.82, 2.24) is 9.88 Å². The molecule has 1 aliphatic carbocycles. The number of ketones is 1. The maximum Gasteiger partial charge on any atom is 0.176 e. The number of carbonyl (C=O) groups is 1. The van der Waals surface area contributed by atoms with E-state index >= 15 is 0 Å². The summed E-state index contributed by atoms with van der Waals surface area (Å²) in [6.45, 7) is 2.30. The Hall–Kier alpha value is -2.11. The molecule has 1 aromatic heterocycles. The zero-order chi connectivity index (χ0) is 18.1. The average molecular weight is 373 g/mol. The van der Waals surface area contributed by atoms with E-state index in [9.17, 15) is 9.90 Å². The number of phenols is 1. The standard InChI is InChI=1S/C20H21ClN2O3/c21-16-7-19(9-22-8-16)26-18-5-14-10-23(11-15(14)6-18)12-20(25)13-1-3-17(24)4-2-13/h1-4,7-9,14-15,18,24H,5-6,10-12H2/t14-,15+,18-. The third-order valence-corrected chi connectivity index (χ3v) is 5.53. The van der Waals surface area contributed by atoms with Crippen LogP contribution in [0.2, 0.25) is 5.02 Å². The molecule has 26 heavy (non-hydrogen) atoms. The zero-order valence-electron chi connectivity index (χ0n) is 14.3. The van der Waals surface area contributed by atoms with Gasteiger partial charge in [-0.3, -0.25) is 14.7 Å². The Kier molecular flexibility index (Phi) is 4.83. The Morgan fingerprint density at radius 2 is 1.88 bits per heavy atom. The van der Waals surface area contributed by atoms with E-state index < -0.39 is 0 Å². The maximum atomic E-state index is 12.4. The SMILES string of the molecule is O=C(CN1C[C@H]2C[C@@H](Oc3cncc(Cl)c3)C[C@H]2C1)c1ccc(O)cc1. The molecule has 0 bridgehead atoms. The van der Waals surface area contributed by atoms with E-state index in [-0.39, 0.29) is 17.6 Å². The van der Waals surface area contributed by atoms with Crippen molar-refractivity contribution in [2.24, 2.45) is 11.8 Å². The minimum atomic E-state index is 0.0998. The highest BCUT2D eigenvalue weighted by Crippen LogP contribution is 2.39. The molecule has 136 valence electrons. The normalized spacial score (nSPS) is 25.2. The number of hydrogen-bond donors (Lipinski definition) is 1. The number of nitrogens with zero attached hydrogens (tertiary/aromatic N) is 2. The lowest BCUT2D eigenvalue weighted by molar-refractivity contribution is 0.0936. The van der Waals surface area contributed by atoms with Crippen molar-refractivity contribution < 1.29 is 14.6 Å². The number of ether oxygens (including phenoxy) is 1. The molecule has 2 heterocycles. The molecule has 1 saturated heterocycles. The number of benzene rings is 1. The van der Waals surface area contributed by atoms with E-state index in [1.165, 1.54) is 0 Å². The quantitative estimate of drug-likeness (QED) is 0.815. The summed E-state index contributed by atoms with van der Waals surface area (Å²) in [4.78, 5) is 18.7. The first-order valence-corrected chi connectivity index (χ1v) is 9.26. The molecule has 1 N–H and O–H groups in total. The van der Waals surface area contributed by atoms with Gasteiger partial charge in [0.05, 0.1) is 23.9 Å². The summed E-state index contributed by atoms with van der Waals surface area (Å²) >= 11 is 5.96. The van der Waals surface area contributed by atoms with Gasteiger partial charge in [0.25, 0.3) is 0 Å². The van der Waals surface area contributed by atoms with Crippen LogP contribution in [0.1, 0.15) is 23.2 Å². The second kappa shape index (κ2) is 7.25. The van der Waals surface area contributed by atoms with E-state index in [4.69, 9.17) is 16.3 Å². The molecule has 2 aliphatic rings. The first-order chi connectivity index (χ1) is 12.6. The van der Waals surface area contributed by atoms with Crippen molar-refractivity contribution in [2.45, 2.75) is 18.9 Å². The van der Waals surface area contributed by atoms with Crippen LogP contribution in [-0.2, 0) is 0 Å². The van der Waals surface area contributed by atoms with E-state index in [2.05, 4.69) is 9.88 Å². The van der Waals surface area contributed by atoms with E-state index in [0.717, 1.165) is 31.7 Å². The van der Waals surface area contributed by atoms with Crippen LogP contribution >= 0.6 is 11.6 Å². The number of halogens is 1. The molecule has 6 heteroatoms. The summed E-state index contributed by atoms with van der Waals surface area (Å²) in [5.41, 5.74) is 0.648. The Labute approximate surface area is 157 Å². The van der Waals surface area contributed by atoms with Crippen LogP contribution in [-0.4, -0.2) is 46.5 Å². The second-order valence-electron chi connectivity index (χ2n) is 7.23. The van der Waals surface area contributed by atoms with E-state index in [1.54, 1.807) is 42.7 Å². The average Bonchev–Trinajstić information content (AvgIpc) is 3.13. The topological polar surface area (TPSA) is 62.7 Å². The van der Waals surface area contributed by atoms with Crippen LogP contribution in [0.4, 0.5) is 0 Å². The van der Waals surface area contributed by atoms with Gasteiger partial charge in [-0.25, -0.2) is 0 Å². The number of Topliss-reactive ketones (excluding diaryl/α,β-unsaturated/α-hetero) is 1. The molecule has 1 aliphatic heterocycles. The van der Waals surface area contributed by atoms with Crippen LogP contribution < -0.4 is 4.74 Å². The minimum Gasteiger partial charge on any atom is -0.508 e. The number of fused-ring (bicyclic) bond motifs is 1. The molecule has 0 radical (unpaired) electrons. The Bertz CT molecular complexity index is 782. The lowest BCUT2D eigenvalue weighted by Gasteiger charge is -2.19. The molecule has 0 amide bonds. The maximum absolute atomic E-state index is 12.4. The summed E-state index contributed by atoms with van der Waals surface area (Å²) in [5.74, 6) is 2.14. The van der Waals surface area contributed by atoms with Gasteiger partial charge in [0.1, 0.15) is 11.5 Å². The molecule has 1 saturated carbocycles. The minimum absolute atomic E-state index is 0.0998. The number of phenolic OH excluding ortho intramolecular Hbond substituents is 1. The van der Waals surface area contributed by atoms with E-state index in [1.807, 2.05) is 0 Å². The Morgan fingerprint density at radius 3 is 2.54 bits per heavy atom. The number of pyridine rings is 1. The van der Waals surface area contributed by atoms with Crippen molar-refractivity contribution in [2.75, 3.05) is 19.6 Å². The molecular formula is C20H21ClN2O3. The predicted molar refractivity (Wildman–Crippen MR) is 98.8 cm³/mol. The third-order valence-electron chi connectivity index (χ3n) is 5.32. The summed E-state index contributed by atoms with van der Waals surface area (Å²) in [6, 6.07) is 8.26. The molecular weight excluding hydrogens is 352 g/mol. The largest absolute Gasteiger partial charge is 0.508 e. The van der Waals surface area contributed by atoms with Crippen molar-refractivity contribution in [3.8, 4) is 11.5 Å². The fourth-order valence-electron chi connectivity index (χ4n) is 4.16. The van der Waals surface area contributed by atoms with Crippen molar-refractivity contribution in [3.63, 3.8) is 0 Å². The number of aromatic hydroxyl groups is 1. The molecule has 4 rings (SSSR count). The fraction of sp³-hybridized carbons (Fsp3) is 0.400. The van der Waals surface area contributed by atoms with Gasteiger partial charge in [-0.2, -0.15) is 0 Å². The van der Waals surface area contributed by atoms with Gasteiger partial charge in [0.2, 0.25) is 0 Å². The van der Waals surface area contributed by atoms with Crippen molar-refractivity contribution >= 4 is 17.4 Å². The molecule has 0 spiro atoms. The number of hydrogen-bond acceptors (Lipinski definition) is 5. The summed E-state index contributed by atoms with van der Waals surface area (Å²) in [6.07, 6.45) is 5.49. The number of aromatic nitrogens is 1. The fourth-order valence-corrected chi connectivity index (χ4v) is 4.32. The van der Waals surface area contributed by atoms with Gasteiger partial charge in [-0.05, 0) is 48.9 Å². The second-order valence-corrected chi connectivity index (χ2v) is 7.67. The Balaban J connectivity index is 1.29. The van der Waals surface area contributed by atoms with E-state index in [0.29, 0.717) is 29.0 Å². The highest BCUT2D eigenvalue weighted by molar-refractivity contribution is 6.30. The number of rotatable bonds is 5. The first-order valence-electron chi connectivity index (χ1n) is 8.88. The predicted octanol–water partition coefficient (Wildman–Crippen LogP) is 3.41. The molecule has 5 nitrogen and oxygen atoms in total. The monoisotopic (exact) mass is 372 g/mol. The Morgan fingerprint density at radius 1 is 1.19 bits per heavy atom. The van der Waals surface area contributed by atoms with Gasteiger partial charge < -0.3 is 9.84 Å². The van der Waals surface area contributed by atoms with Gasteiger partial charge in [0, 0.05) is 30.9 Å². The van der Waals surface area contributed by atoms with Crippen LogP contribution in [0.25, 0.3) is 0 Å². The van der Waals surface area contributed by atoms with Crippen LogP contribution in [0.5, 0.6) is 11.5 Å². The molecule has 1 aromatic carbocycles. The van der Waals surface area contributed by atoms with Gasteiger partial charge in [0.15, 0.2) is 5.78 Å². The molecule has 2 aromatic rings. The third kappa shape index (κ3) is 3.84. The highest BCUT2D eigenvalue weighted by Gasteiger charge is 2.42. The number of likely N-dealkylation sites (tertiary alicyclic amines) is 1. The smallest absolute Gasteiger partial charge is 0.176 e. The first kappa shape index (κ1) is 17.3. The van der Waals surface area contributed by atoms with Crippen molar-refractivity contribution in [1.29, 1.82) is 0 Å².